The maximum Gasteiger partial charge on any atom is 0.242 e. The highest BCUT2D eigenvalue weighted by molar-refractivity contribution is 7.89. The van der Waals surface area contributed by atoms with Crippen molar-refractivity contribution in [2.75, 3.05) is 20.6 Å². The van der Waals surface area contributed by atoms with Gasteiger partial charge in [0.05, 0.1) is 4.90 Å². The van der Waals surface area contributed by atoms with Crippen LogP contribution < -0.4 is 11.1 Å². The number of amides is 1. The molecule has 0 heterocycles. The van der Waals surface area contributed by atoms with Crippen LogP contribution in [-0.2, 0) is 14.8 Å². The number of nitrogens with one attached hydrogen (secondary N) is 1. The first-order chi connectivity index (χ1) is 9.70. The molecule has 1 atom stereocenters. The van der Waals surface area contributed by atoms with Crippen LogP contribution in [0.1, 0.15) is 12.5 Å². The summed E-state index contributed by atoms with van der Waals surface area (Å²) in [6.07, 6.45) is 0. The van der Waals surface area contributed by atoms with E-state index in [1.807, 2.05) is 0 Å². The van der Waals surface area contributed by atoms with E-state index in [4.69, 9.17) is 18.0 Å². The minimum atomic E-state index is -3.65. The summed E-state index contributed by atoms with van der Waals surface area (Å²) >= 11 is 4.82. The Kier molecular flexibility index (Phi) is 5.82. The molecule has 1 aromatic carbocycles. The number of benzene rings is 1. The summed E-state index contributed by atoms with van der Waals surface area (Å²) in [5.74, 6) is -0.647. The van der Waals surface area contributed by atoms with Crippen molar-refractivity contribution in [1.82, 2.24) is 9.62 Å². The van der Waals surface area contributed by atoms with Gasteiger partial charge in [-0.2, -0.15) is 0 Å². The monoisotopic (exact) mass is 329 g/mol. The normalized spacial score (nSPS) is 13.0. The molecule has 6 nitrogen and oxygen atoms in total. The fraction of sp³-hybridized carbons (Fsp3) is 0.385. The third-order valence-corrected chi connectivity index (χ3v) is 5.15. The number of carbonyl (C=O) groups is 1. The molecule has 1 aromatic rings. The first-order valence-corrected chi connectivity index (χ1v) is 8.12. The Hall–Kier alpha value is -1.51. The molecular formula is C13H19N3O3S2. The van der Waals surface area contributed by atoms with Crippen LogP contribution in [0.2, 0.25) is 0 Å². The summed E-state index contributed by atoms with van der Waals surface area (Å²) < 4.78 is 25.9. The van der Waals surface area contributed by atoms with Gasteiger partial charge in [0.2, 0.25) is 15.9 Å². The first kappa shape index (κ1) is 17.5. The zero-order chi connectivity index (χ0) is 16.2. The summed E-state index contributed by atoms with van der Waals surface area (Å²) in [6, 6.07) is 6.02. The van der Waals surface area contributed by atoms with E-state index in [-0.39, 0.29) is 22.3 Å². The summed E-state index contributed by atoms with van der Waals surface area (Å²) in [6.45, 7) is 1.76. The van der Waals surface area contributed by atoms with E-state index in [1.54, 1.807) is 19.1 Å². The average Bonchev–Trinajstić information content (AvgIpc) is 2.46. The molecule has 116 valence electrons. The molecule has 0 aliphatic rings. The number of thiocarbonyl (C=S) groups is 1. The highest BCUT2D eigenvalue weighted by atomic mass is 32.2. The second kappa shape index (κ2) is 6.97. The Bertz CT molecular complexity index is 627. The van der Waals surface area contributed by atoms with Crippen molar-refractivity contribution in [2.24, 2.45) is 11.7 Å². The quantitative estimate of drug-likeness (QED) is 0.734. The fourth-order valence-electron chi connectivity index (χ4n) is 1.78. The van der Waals surface area contributed by atoms with Gasteiger partial charge in [-0.25, -0.2) is 12.7 Å². The zero-order valence-corrected chi connectivity index (χ0v) is 13.8. The van der Waals surface area contributed by atoms with E-state index in [9.17, 15) is 13.2 Å². The van der Waals surface area contributed by atoms with Gasteiger partial charge < -0.3 is 11.1 Å². The SMILES string of the molecule is CNC(=O)C(C)CN(C)S(=O)(=O)c1ccc(C(N)=S)cc1. The van der Waals surface area contributed by atoms with Gasteiger partial charge in [0.25, 0.3) is 0 Å². The van der Waals surface area contributed by atoms with Crippen molar-refractivity contribution in [3.63, 3.8) is 0 Å². The van der Waals surface area contributed by atoms with Crippen LogP contribution in [0.5, 0.6) is 0 Å². The number of hydrogen-bond donors (Lipinski definition) is 2. The van der Waals surface area contributed by atoms with Gasteiger partial charge >= 0.3 is 0 Å². The molecule has 0 aliphatic carbocycles. The van der Waals surface area contributed by atoms with Gasteiger partial charge in [0, 0.05) is 32.1 Å². The minimum absolute atomic E-state index is 0.0963. The van der Waals surface area contributed by atoms with Gasteiger partial charge in [-0.05, 0) is 12.1 Å². The van der Waals surface area contributed by atoms with Crippen molar-refractivity contribution < 1.29 is 13.2 Å². The Morgan fingerprint density at radius 2 is 1.90 bits per heavy atom. The molecule has 0 aliphatic heterocycles. The molecule has 0 bridgehead atoms. The molecule has 0 spiro atoms. The van der Waals surface area contributed by atoms with Crippen molar-refractivity contribution in [2.45, 2.75) is 11.8 Å². The number of carbonyl (C=O) groups excluding carboxylic acids is 1. The van der Waals surface area contributed by atoms with Crippen molar-refractivity contribution >= 4 is 33.1 Å². The predicted octanol–water partition coefficient (Wildman–Crippen LogP) is 0.323. The van der Waals surface area contributed by atoms with Crippen LogP contribution in [-0.4, -0.2) is 44.3 Å². The van der Waals surface area contributed by atoms with Crippen molar-refractivity contribution in [3.8, 4) is 0 Å². The number of nitrogens with zero attached hydrogens (tertiary/aromatic N) is 1. The van der Waals surface area contributed by atoms with E-state index in [1.165, 1.54) is 26.2 Å². The van der Waals surface area contributed by atoms with Gasteiger partial charge in [-0.1, -0.05) is 31.3 Å². The molecule has 0 saturated heterocycles. The van der Waals surface area contributed by atoms with E-state index in [0.29, 0.717) is 5.56 Å². The summed E-state index contributed by atoms with van der Waals surface area (Å²) in [4.78, 5) is 11.8. The molecular weight excluding hydrogens is 310 g/mol. The molecule has 3 N–H and O–H groups in total. The predicted molar refractivity (Wildman–Crippen MR) is 85.4 cm³/mol. The third-order valence-electron chi connectivity index (χ3n) is 3.07. The summed E-state index contributed by atoms with van der Waals surface area (Å²) in [5, 5.41) is 2.49. The Morgan fingerprint density at radius 1 is 1.38 bits per heavy atom. The van der Waals surface area contributed by atoms with E-state index in [2.05, 4.69) is 5.32 Å². The first-order valence-electron chi connectivity index (χ1n) is 6.28. The number of sulfonamides is 1. The molecule has 8 heteroatoms. The van der Waals surface area contributed by atoms with E-state index < -0.39 is 15.9 Å². The molecule has 1 unspecified atom stereocenters. The Labute approximate surface area is 130 Å². The summed E-state index contributed by atoms with van der Waals surface area (Å²) in [5.41, 5.74) is 6.08. The van der Waals surface area contributed by atoms with E-state index >= 15 is 0 Å². The molecule has 0 fully saturated rings. The topological polar surface area (TPSA) is 92.5 Å². The second-order valence-electron chi connectivity index (χ2n) is 4.69. The maximum atomic E-state index is 12.4. The molecule has 21 heavy (non-hydrogen) atoms. The van der Waals surface area contributed by atoms with Crippen molar-refractivity contribution in [3.05, 3.63) is 29.8 Å². The minimum Gasteiger partial charge on any atom is -0.389 e. The highest BCUT2D eigenvalue weighted by Gasteiger charge is 2.24. The lowest BCUT2D eigenvalue weighted by atomic mass is 10.2. The molecule has 1 amide bonds. The lowest BCUT2D eigenvalue weighted by Crippen LogP contribution is -2.37. The molecule has 0 saturated carbocycles. The Morgan fingerprint density at radius 3 is 2.33 bits per heavy atom. The van der Waals surface area contributed by atoms with Crippen molar-refractivity contribution in [1.29, 1.82) is 0 Å². The van der Waals surface area contributed by atoms with E-state index in [0.717, 1.165) is 4.31 Å². The second-order valence-corrected chi connectivity index (χ2v) is 7.17. The number of nitrogens with two attached hydrogens (primary N) is 1. The lowest BCUT2D eigenvalue weighted by Gasteiger charge is -2.20. The number of hydrogen-bond acceptors (Lipinski definition) is 4. The van der Waals surface area contributed by atoms with Gasteiger partial charge in [0.15, 0.2) is 0 Å². The van der Waals surface area contributed by atoms with Gasteiger partial charge in [-0.3, -0.25) is 4.79 Å². The van der Waals surface area contributed by atoms with Gasteiger partial charge in [-0.15, -0.1) is 0 Å². The summed E-state index contributed by atoms with van der Waals surface area (Å²) in [7, 11) is -0.693. The van der Waals surface area contributed by atoms with Crippen LogP contribution >= 0.6 is 12.2 Å². The van der Waals surface area contributed by atoms with Crippen LogP contribution in [0.4, 0.5) is 0 Å². The highest BCUT2D eigenvalue weighted by Crippen LogP contribution is 2.16. The average molecular weight is 329 g/mol. The molecule has 0 radical (unpaired) electrons. The number of rotatable bonds is 6. The maximum absolute atomic E-state index is 12.4. The molecule has 1 rings (SSSR count). The zero-order valence-electron chi connectivity index (χ0n) is 12.2. The van der Waals surface area contributed by atoms with Crippen LogP contribution in [0.15, 0.2) is 29.2 Å². The smallest absolute Gasteiger partial charge is 0.242 e. The standard InChI is InChI=1S/C13H19N3O3S2/c1-9(13(17)15-2)8-16(3)21(18,19)11-6-4-10(5-7-11)12(14)20/h4-7,9H,8H2,1-3H3,(H2,14,20)(H,15,17). The molecule has 0 aromatic heterocycles. The fourth-order valence-corrected chi connectivity index (χ4v) is 3.18. The largest absolute Gasteiger partial charge is 0.389 e. The van der Waals surface area contributed by atoms with Crippen LogP contribution in [0, 0.1) is 5.92 Å². The van der Waals surface area contributed by atoms with Gasteiger partial charge in [0.1, 0.15) is 4.99 Å². The Balaban J connectivity index is 2.94. The van der Waals surface area contributed by atoms with Crippen LogP contribution in [0.3, 0.4) is 0 Å². The van der Waals surface area contributed by atoms with Crippen LogP contribution in [0.25, 0.3) is 0 Å². The lowest BCUT2D eigenvalue weighted by molar-refractivity contribution is -0.124. The third kappa shape index (κ3) is 4.23.